The Morgan fingerprint density at radius 3 is 2.84 bits per heavy atom. The minimum atomic E-state index is -0.341. The summed E-state index contributed by atoms with van der Waals surface area (Å²) in [6, 6.07) is 4.33. The second-order valence-electron chi connectivity index (χ2n) is 6.72. The van der Waals surface area contributed by atoms with Gasteiger partial charge in [0, 0.05) is 45.7 Å². The van der Waals surface area contributed by atoms with E-state index in [-0.39, 0.29) is 18.2 Å². The standard InChI is InChI=1S/C18H27N5O2/c1-13-9-21-23(12-13)18-15(8-16(18)24)19-10-14-4-5-17(20-11-14)22(2)6-7-25-3/h4-5,9,11-12,15-16,18-19,24H,6-8,10H2,1-3H3/t15-,16+,18+/m0/s1. The first-order chi connectivity index (χ1) is 12.1. The molecular formula is C18H27N5O2. The van der Waals surface area contributed by atoms with Crippen molar-refractivity contribution >= 4 is 5.82 Å². The van der Waals surface area contributed by atoms with Crippen LogP contribution >= 0.6 is 0 Å². The molecule has 0 saturated heterocycles. The van der Waals surface area contributed by atoms with E-state index in [1.54, 1.807) is 7.11 Å². The summed E-state index contributed by atoms with van der Waals surface area (Å²) in [5.74, 6) is 0.935. The van der Waals surface area contributed by atoms with Crippen LogP contribution in [-0.4, -0.2) is 59.3 Å². The summed E-state index contributed by atoms with van der Waals surface area (Å²) in [7, 11) is 3.71. The van der Waals surface area contributed by atoms with E-state index < -0.39 is 0 Å². The molecule has 2 N–H and O–H groups in total. The Hall–Kier alpha value is -1.96. The maximum atomic E-state index is 10.1. The summed E-state index contributed by atoms with van der Waals surface area (Å²) in [6.07, 6.45) is 6.10. The normalized spacial score (nSPS) is 22.6. The van der Waals surface area contributed by atoms with Crippen molar-refractivity contribution in [3.63, 3.8) is 0 Å². The molecule has 1 saturated carbocycles. The van der Waals surface area contributed by atoms with Crippen molar-refractivity contribution in [1.82, 2.24) is 20.1 Å². The first-order valence-electron chi connectivity index (χ1n) is 8.65. The number of aryl methyl sites for hydroxylation is 1. The Morgan fingerprint density at radius 2 is 2.24 bits per heavy atom. The van der Waals surface area contributed by atoms with E-state index in [9.17, 15) is 5.11 Å². The van der Waals surface area contributed by atoms with Crippen molar-refractivity contribution < 1.29 is 9.84 Å². The van der Waals surface area contributed by atoms with Gasteiger partial charge in [0.15, 0.2) is 0 Å². The number of hydrogen-bond acceptors (Lipinski definition) is 6. The molecular weight excluding hydrogens is 318 g/mol. The molecule has 25 heavy (non-hydrogen) atoms. The largest absolute Gasteiger partial charge is 0.391 e. The zero-order valence-corrected chi connectivity index (χ0v) is 15.1. The third-order valence-electron chi connectivity index (χ3n) is 4.74. The predicted octanol–water partition coefficient (Wildman–Crippen LogP) is 1.13. The lowest BCUT2D eigenvalue weighted by Gasteiger charge is -2.42. The number of anilines is 1. The molecule has 7 nitrogen and oxygen atoms in total. The molecule has 136 valence electrons. The van der Waals surface area contributed by atoms with Crippen molar-refractivity contribution in [2.24, 2.45) is 0 Å². The summed E-state index contributed by atoms with van der Waals surface area (Å²) in [4.78, 5) is 6.58. The smallest absolute Gasteiger partial charge is 0.128 e. The topological polar surface area (TPSA) is 75.4 Å². The fraction of sp³-hybridized carbons (Fsp3) is 0.556. The lowest BCUT2D eigenvalue weighted by atomic mass is 9.83. The zero-order chi connectivity index (χ0) is 17.8. The number of nitrogens with zero attached hydrogens (tertiary/aromatic N) is 4. The van der Waals surface area contributed by atoms with E-state index in [2.05, 4.69) is 26.4 Å². The van der Waals surface area contributed by atoms with Gasteiger partial charge in [-0.3, -0.25) is 4.68 Å². The van der Waals surface area contributed by atoms with Crippen molar-refractivity contribution in [3.8, 4) is 0 Å². The number of likely N-dealkylation sites (N-methyl/N-ethyl adjacent to an activating group) is 1. The monoisotopic (exact) mass is 345 g/mol. The quantitative estimate of drug-likeness (QED) is 0.747. The third-order valence-corrected chi connectivity index (χ3v) is 4.74. The van der Waals surface area contributed by atoms with E-state index in [1.165, 1.54) is 0 Å². The molecule has 3 rings (SSSR count). The molecule has 2 heterocycles. The zero-order valence-electron chi connectivity index (χ0n) is 15.1. The van der Waals surface area contributed by atoms with Gasteiger partial charge >= 0.3 is 0 Å². The second-order valence-corrected chi connectivity index (χ2v) is 6.72. The molecule has 0 amide bonds. The van der Waals surface area contributed by atoms with Gasteiger partial charge in [0.1, 0.15) is 5.82 Å². The van der Waals surface area contributed by atoms with E-state index in [1.807, 2.05) is 43.3 Å². The van der Waals surface area contributed by atoms with Crippen molar-refractivity contribution in [1.29, 1.82) is 0 Å². The van der Waals surface area contributed by atoms with Crippen molar-refractivity contribution in [2.75, 3.05) is 32.2 Å². The van der Waals surface area contributed by atoms with Gasteiger partial charge in [0.05, 0.1) is 24.9 Å². The fourth-order valence-corrected chi connectivity index (χ4v) is 3.11. The Balaban J connectivity index is 1.53. The Labute approximate surface area is 148 Å². The minimum Gasteiger partial charge on any atom is -0.391 e. The molecule has 0 bridgehead atoms. The summed E-state index contributed by atoms with van der Waals surface area (Å²) >= 11 is 0. The highest BCUT2D eigenvalue weighted by Gasteiger charge is 2.41. The van der Waals surface area contributed by atoms with Crippen molar-refractivity contribution in [3.05, 3.63) is 41.9 Å². The summed E-state index contributed by atoms with van der Waals surface area (Å²) in [5.41, 5.74) is 2.23. The number of ether oxygens (including phenoxy) is 1. The number of pyridine rings is 1. The fourth-order valence-electron chi connectivity index (χ4n) is 3.11. The van der Waals surface area contributed by atoms with Crippen LogP contribution in [0.1, 0.15) is 23.6 Å². The average molecular weight is 345 g/mol. The summed E-state index contributed by atoms with van der Waals surface area (Å²) in [6.45, 7) is 4.23. The van der Waals surface area contributed by atoms with Crippen LogP contribution in [-0.2, 0) is 11.3 Å². The molecule has 0 spiro atoms. The van der Waals surface area contributed by atoms with Crippen LogP contribution in [0.2, 0.25) is 0 Å². The van der Waals surface area contributed by atoms with Crippen LogP contribution in [0.25, 0.3) is 0 Å². The maximum Gasteiger partial charge on any atom is 0.128 e. The van der Waals surface area contributed by atoms with Gasteiger partial charge < -0.3 is 20.1 Å². The minimum absolute atomic E-state index is 0.00103. The third kappa shape index (κ3) is 4.18. The first kappa shape index (κ1) is 17.8. The van der Waals surface area contributed by atoms with E-state index in [0.717, 1.165) is 36.5 Å². The highest BCUT2D eigenvalue weighted by molar-refractivity contribution is 5.38. The second kappa shape index (κ2) is 7.95. The van der Waals surface area contributed by atoms with Gasteiger partial charge in [-0.25, -0.2) is 4.98 Å². The van der Waals surface area contributed by atoms with E-state index >= 15 is 0 Å². The highest BCUT2D eigenvalue weighted by atomic mass is 16.5. The Morgan fingerprint density at radius 1 is 1.40 bits per heavy atom. The van der Waals surface area contributed by atoms with Gasteiger partial charge in [-0.2, -0.15) is 5.10 Å². The van der Waals surface area contributed by atoms with E-state index in [0.29, 0.717) is 6.61 Å². The molecule has 0 radical (unpaired) electrons. The molecule has 1 aliphatic rings. The number of methoxy groups -OCH3 is 1. The molecule has 1 fully saturated rings. The molecule has 7 heteroatoms. The van der Waals surface area contributed by atoms with Gasteiger partial charge in [-0.05, 0) is 30.5 Å². The average Bonchev–Trinajstić information content (AvgIpc) is 3.01. The van der Waals surface area contributed by atoms with Gasteiger partial charge in [0.2, 0.25) is 0 Å². The van der Waals surface area contributed by atoms with Crippen LogP contribution in [0.4, 0.5) is 5.82 Å². The number of aliphatic hydroxyl groups is 1. The van der Waals surface area contributed by atoms with Gasteiger partial charge in [-0.1, -0.05) is 6.07 Å². The van der Waals surface area contributed by atoms with Crippen LogP contribution < -0.4 is 10.2 Å². The van der Waals surface area contributed by atoms with Crippen LogP contribution in [0, 0.1) is 6.92 Å². The molecule has 0 aromatic carbocycles. The summed E-state index contributed by atoms with van der Waals surface area (Å²) < 4.78 is 6.96. The predicted molar refractivity (Wildman–Crippen MR) is 96.6 cm³/mol. The highest BCUT2D eigenvalue weighted by Crippen LogP contribution is 2.32. The molecule has 1 aliphatic carbocycles. The number of aliphatic hydroxyl groups excluding tert-OH is 1. The number of hydrogen-bond donors (Lipinski definition) is 2. The number of nitrogens with one attached hydrogen (secondary N) is 1. The maximum absolute atomic E-state index is 10.1. The molecule has 0 unspecified atom stereocenters. The lowest BCUT2D eigenvalue weighted by molar-refractivity contribution is -0.00824. The molecule has 0 aliphatic heterocycles. The Bertz CT molecular complexity index is 672. The van der Waals surface area contributed by atoms with Gasteiger partial charge in [-0.15, -0.1) is 0 Å². The summed E-state index contributed by atoms with van der Waals surface area (Å²) in [5, 5.41) is 17.9. The Kier molecular flexibility index (Phi) is 5.67. The lowest BCUT2D eigenvalue weighted by Crippen LogP contribution is -2.54. The SMILES string of the molecule is COCCN(C)c1ccc(CN[C@H]2C[C@@H](O)[C@@H]2n2cc(C)cn2)cn1. The molecule has 2 aromatic rings. The van der Waals surface area contributed by atoms with E-state index in [4.69, 9.17) is 4.74 Å². The molecule has 3 atom stereocenters. The number of aromatic nitrogens is 3. The first-order valence-corrected chi connectivity index (χ1v) is 8.65. The van der Waals surface area contributed by atoms with Crippen molar-refractivity contribution in [2.45, 2.75) is 38.1 Å². The number of rotatable bonds is 8. The van der Waals surface area contributed by atoms with Crippen LogP contribution in [0.5, 0.6) is 0 Å². The van der Waals surface area contributed by atoms with Crippen LogP contribution in [0.3, 0.4) is 0 Å². The molecule has 2 aromatic heterocycles. The van der Waals surface area contributed by atoms with Crippen LogP contribution in [0.15, 0.2) is 30.7 Å². The van der Waals surface area contributed by atoms with Gasteiger partial charge in [0.25, 0.3) is 0 Å².